The number of rotatable bonds is 10. The molecule has 4 heterocycles. The standard InChI is InChI=1S/C28H30N8O4/c1-37-23-8-7-18(15-24(23)38-2)9-12-40-28-32-26(31-27(33-28)36-10-13-39-14-11-36)30-25-17-22(34-35-25)21-16-19-5-3-4-6-20(19)29-21/h3-8,15-17,29H,9-14H2,1-2H3,(H2,30,31,32,33,34,35). The number of para-hydroxylation sites is 1. The number of hydrogen-bond acceptors (Lipinski definition) is 10. The highest BCUT2D eigenvalue weighted by molar-refractivity contribution is 5.85. The van der Waals surface area contributed by atoms with Gasteiger partial charge in [0, 0.05) is 36.5 Å². The average molecular weight is 543 g/mol. The summed E-state index contributed by atoms with van der Waals surface area (Å²) in [7, 11) is 3.23. The Kier molecular flexibility index (Phi) is 7.31. The van der Waals surface area contributed by atoms with Gasteiger partial charge in [0.25, 0.3) is 0 Å². The molecule has 40 heavy (non-hydrogen) atoms. The lowest BCUT2D eigenvalue weighted by Gasteiger charge is -2.26. The first-order valence-corrected chi connectivity index (χ1v) is 13.0. The molecule has 0 unspecified atom stereocenters. The molecule has 1 fully saturated rings. The number of nitrogens with one attached hydrogen (secondary N) is 3. The van der Waals surface area contributed by atoms with Gasteiger partial charge in [0.15, 0.2) is 17.3 Å². The van der Waals surface area contributed by atoms with Crippen LogP contribution in [0.5, 0.6) is 17.5 Å². The minimum absolute atomic E-state index is 0.228. The smallest absolute Gasteiger partial charge is 0.323 e. The van der Waals surface area contributed by atoms with Crippen LogP contribution in [0.15, 0.2) is 54.6 Å². The number of aromatic nitrogens is 6. The third kappa shape index (κ3) is 5.61. The zero-order valence-electron chi connectivity index (χ0n) is 22.3. The van der Waals surface area contributed by atoms with E-state index >= 15 is 0 Å². The van der Waals surface area contributed by atoms with Gasteiger partial charge >= 0.3 is 6.01 Å². The summed E-state index contributed by atoms with van der Waals surface area (Å²) in [6.07, 6.45) is 0.634. The first kappa shape index (κ1) is 25.4. The van der Waals surface area contributed by atoms with E-state index in [2.05, 4.69) is 52.5 Å². The highest BCUT2D eigenvalue weighted by atomic mass is 16.5. The summed E-state index contributed by atoms with van der Waals surface area (Å²) in [4.78, 5) is 19.2. The van der Waals surface area contributed by atoms with E-state index in [1.54, 1.807) is 14.2 Å². The summed E-state index contributed by atoms with van der Waals surface area (Å²) in [6, 6.07) is 18.1. The van der Waals surface area contributed by atoms with Crippen molar-refractivity contribution in [3.63, 3.8) is 0 Å². The molecule has 0 aliphatic carbocycles. The number of nitrogens with zero attached hydrogens (tertiary/aromatic N) is 5. The predicted octanol–water partition coefficient (Wildman–Crippen LogP) is 3.96. The molecule has 3 N–H and O–H groups in total. The van der Waals surface area contributed by atoms with E-state index in [1.165, 1.54) is 0 Å². The van der Waals surface area contributed by atoms with Crippen LogP contribution < -0.4 is 24.4 Å². The summed E-state index contributed by atoms with van der Waals surface area (Å²) in [6.45, 7) is 2.95. The molecule has 12 heteroatoms. The fraction of sp³-hybridized carbons (Fsp3) is 0.286. The van der Waals surface area contributed by atoms with Crippen molar-refractivity contribution < 1.29 is 18.9 Å². The SMILES string of the molecule is COc1ccc(CCOc2nc(Nc3cc(-c4cc5ccccc5[nH]4)[nH]n3)nc(N3CCOCC3)n2)cc1OC. The zero-order chi connectivity index (χ0) is 27.3. The molecule has 0 radical (unpaired) electrons. The Bertz CT molecular complexity index is 1560. The van der Waals surface area contributed by atoms with Gasteiger partial charge in [0.1, 0.15) is 0 Å². The number of fused-ring (bicyclic) bond motifs is 1. The largest absolute Gasteiger partial charge is 0.493 e. The summed E-state index contributed by atoms with van der Waals surface area (Å²) in [5.74, 6) is 2.79. The number of methoxy groups -OCH3 is 2. The number of aromatic amines is 2. The average Bonchev–Trinajstić information content (AvgIpc) is 3.64. The van der Waals surface area contributed by atoms with Crippen LogP contribution in [0.3, 0.4) is 0 Å². The molecule has 0 spiro atoms. The second kappa shape index (κ2) is 11.5. The molecule has 2 aromatic carbocycles. The molecule has 1 aliphatic heterocycles. The molecule has 5 aromatic rings. The summed E-state index contributed by atoms with van der Waals surface area (Å²) in [5.41, 5.74) is 3.88. The second-order valence-corrected chi connectivity index (χ2v) is 9.19. The van der Waals surface area contributed by atoms with Gasteiger partial charge in [-0.25, -0.2) is 0 Å². The van der Waals surface area contributed by atoms with Gasteiger partial charge in [-0.1, -0.05) is 24.3 Å². The Balaban J connectivity index is 1.19. The van der Waals surface area contributed by atoms with E-state index in [9.17, 15) is 0 Å². The van der Waals surface area contributed by atoms with E-state index in [-0.39, 0.29) is 6.01 Å². The van der Waals surface area contributed by atoms with Crippen LogP contribution in [0.25, 0.3) is 22.3 Å². The van der Waals surface area contributed by atoms with E-state index in [1.807, 2.05) is 42.5 Å². The van der Waals surface area contributed by atoms with Crippen molar-refractivity contribution in [2.75, 3.05) is 57.3 Å². The van der Waals surface area contributed by atoms with Gasteiger partial charge in [-0.05, 0) is 29.8 Å². The van der Waals surface area contributed by atoms with Gasteiger partial charge in [-0.2, -0.15) is 20.1 Å². The highest BCUT2D eigenvalue weighted by Crippen LogP contribution is 2.28. The Morgan fingerprint density at radius 3 is 2.60 bits per heavy atom. The molecule has 12 nitrogen and oxygen atoms in total. The van der Waals surface area contributed by atoms with E-state index in [4.69, 9.17) is 18.9 Å². The normalized spacial score (nSPS) is 13.4. The third-order valence-corrected chi connectivity index (χ3v) is 6.60. The minimum atomic E-state index is 0.228. The Morgan fingerprint density at radius 1 is 0.925 bits per heavy atom. The topological polar surface area (TPSA) is 135 Å². The van der Waals surface area contributed by atoms with Crippen molar-refractivity contribution in [2.45, 2.75) is 6.42 Å². The zero-order valence-corrected chi connectivity index (χ0v) is 22.3. The van der Waals surface area contributed by atoms with E-state index in [0.717, 1.165) is 27.9 Å². The van der Waals surface area contributed by atoms with E-state index < -0.39 is 0 Å². The number of H-pyrrole nitrogens is 2. The van der Waals surface area contributed by atoms with Crippen molar-refractivity contribution in [3.8, 4) is 28.9 Å². The van der Waals surface area contributed by atoms with Crippen molar-refractivity contribution in [1.29, 1.82) is 0 Å². The maximum atomic E-state index is 5.99. The predicted molar refractivity (Wildman–Crippen MR) is 151 cm³/mol. The van der Waals surface area contributed by atoms with Gasteiger partial charge < -0.3 is 34.1 Å². The lowest BCUT2D eigenvalue weighted by molar-refractivity contribution is 0.122. The summed E-state index contributed by atoms with van der Waals surface area (Å²) < 4.78 is 22.2. The number of benzene rings is 2. The van der Waals surface area contributed by atoms with Gasteiger partial charge in [-0.3, -0.25) is 5.10 Å². The van der Waals surface area contributed by atoms with Crippen molar-refractivity contribution in [2.24, 2.45) is 0 Å². The molecular weight excluding hydrogens is 512 g/mol. The first-order valence-electron chi connectivity index (χ1n) is 13.0. The maximum Gasteiger partial charge on any atom is 0.323 e. The summed E-state index contributed by atoms with van der Waals surface area (Å²) >= 11 is 0. The van der Waals surface area contributed by atoms with Crippen molar-refractivity contribution in [3.05, 3.63) is 60.2 Å². The molecule has 0 saturated carbocycles. The fourth-order valence-corrected chi connectivity index (χ4v) is 4.52. The third-order valence-electron chi connectivity index (χ3n) is 6.60. The van der Waals surface area contributed by atoms with Crippen LogP contribution in [0, 0.1) is 0 Å². The van der Waals surface area contributed by atoms with Gasteiger partial charge in [0.2, 0.25) is 11.9 Å². The Morgan fingerprint density at radius 2 is 1.77 bits per heavy atom. The van der Waals surface area contributed by atoms with E-state index in [0.29, 0.717) is 68.5 Å². The van der Waals surface area contributed by atoms with Crippen molar-refractivity contribution >= 4 is 28.6 Å². The molecule has 0 atom stereocenters. The Labute approximate surface area is 230 Å². The lowest BCUT2D eigenvalue weighted by Crippen LogP contribution is -2.37. The monoisotopic (exact) mass is 542 g/mol. The Hall–Kier alpha value is -4.84. The molecule has 0 bridgehead atoms. The van der Waals surface area contributed by atoms with Crippen LogP contribution in [-0.4, -0.2) is 77.3 Å². The van der Waals surface area contributed by atoms with Gasteiger partial charge in [0.05, 0.1) is 45.4 Å². The molecule has 3 aromatic heterocycles. The molecule has 0 amide bonds. The molecular formula is C28H30N8O4. The molecule has 6 rings (SSSR count). The molecule has 1 aliphatic rings. The van der Waals surface area contributed by atoms with Crippen LogP contribution in [0.2, 0.25) is 0 Å². The van der Waals surface area contributed by atoms with Crippen LogP contribution in [-0.2, 0) is 11.2 Å². The summed E-state index contributed by atoms with van der Waals surface area (Å²) in [5, 5.41) is 11.8. The maximum absolute atomic E-state index is 5.99. The minimum Gasteiger partial charge on any atom is -0.493 e. The number of hydrogen-bond donors (Lipinski definition) is 3. The number of morpholine rings is 1. The molecule has 1 saturated heterocycles. The van der Waals surface area contributed by atoms with Crippen LogP contribution in [0.4, 0.5) is 17.7 Å². The van der Waals surface area contributed by atoms with Crippen LogP contribution >= 0.6 is 0 Å². The number of anilines is 3. The lowest BCUT2D eigenvalue weighted by atomic mass is 10.1. The quantitative estimate of drug-likeness (QED) is 0.238. The highest BCUT2D eigenvalue weighted by Gasteiger charge is 2.18. The first-order chi connectivity index (χ1) is 19.7. The number of ether oxygens (including phenoxy) is 4. The second-order valence-electron chi connectivity index (χ2n) is 9.19. The van der Waals surface area contributed by atoms with Crippen molar-refractivity contribution in [1.82, 2.24) is 30.1 Å². The van der Waals surface area contributed by atoms with Crippen LogP contribution in [0.1, 0.15) is 5.56 Å². The van der Waals surface area contributed by atoms with Gasteiger partial charge in [-0.15, -0.1) is 0 Å². The fourth-order valence-electron chi connectivity index (χ4n) is 4.52. The molecule has 206 valence electrons.